The van der Waals surface area contributed by atoms with Crippen LogP contribution in [0.2, 0.25) is 0 Å². The van der Waals surface area contributed by atoms with Crippen LogP contribution in [0.15, 0.2) is 84.2 Å². The molecule has 4 nitrogen and oxygen atoms in total. The Labute approximate surface area is 199 Å². The molecule has 0 radical (unpaired) electrons. The molecular formula is C28H28N2O2S. The van der Waals surface area contributed by atoms with Crippen LogP contribution in [0.4, 0.5) is 5.13 Å². The van der Waals surface area contributed by atoms with Crippen LogP contribution in [0.1, 0.15) is 18.9 Å². The van der Waals surface area contributed by atoms with Gasteiger partial charge in [0.25, 0.3) is 0 Å². The predicted molar refractivity (Wildman–Crippen MR) is 137 cm³/mol. The van der Waals surface area contributed by atoms with Gasteiger partial charge in [0.15, 0.2) is 5.13 Å². The topological polar surface area (TPSA) is 42.4 Å². The number of methoxy groups -OCH3 is 1. The standard InChI is InChI=1S/C28H28N2O2S/c1-4-21(17-20-11-6-5-7-12-20)27(31)30(2)28-29-26(19-33-28)25-16-9-8-15-24(25)22-13-10-14-23(18-22)32-3/h5-16,18-19,21H,4,17H2,1-3H3/t21-/m1/s1. The number of hydrogen-bond donors (Lipinski definition) is 0. The fourth-order valence-corrected chi connectivity index (χ4v) is 4.76. The molecule has 3 aromatic carbocycles. The maximum atomic E-state index is 13.3. The number of carbonyl (C=O) groups excluding carboxylic acids is 1. The number of aromatic nitrogens is 1. The summed E-state index contributed by atoms with van der Waals surface area (Å²) < 4.78 is 5.40. The number of carbonyl (C=O) groups is 1. The van der Waals surface area contributed by atoms with E-state index in [0.717, 1.165) is 41.0 Å². The van der Waals surface area contributed by atoms with Crippen LogP contribution in [0, 0.1) is 5.92 Å². The Hall–Kier alpha value is -3.44. The molecule has 0 spiro atoms. The average molecular weight is 457 g/mol. The van der Waals surface area contributed by atoms with Crippen molar-refractivity contribution in [1.29, 1.82) is 0 Å². The van der Waals surface area contributed by atoms with Crippen molar-refractivity contribution in [2.24, 2.45) is 5.92 Å². The van der Waals surface area contributed by atoms with Crippen LogP contribution >= 0.6 is 11.3 Å². The number of nitrogens with zero attached hydrogens (tertiary/aromatic N) is 2. The zero-order valence-electron chi connectivity index (χ0n) is 19.2. The van der Waals surface area contributed by atoms with Gasteiger partial charge in [-0.1, -0.05) is 73.7 Å². The normalized spacial score (nSPS) is 11.7. The predicted octanol–water partition coefficient (Wildman–Crippen LogP) is 6.72. The number of hydrogen-bond acceptors (Lipinski definition) is 4. The van der Waals surface area contributed by atoms with Crippen molar-refractivity contribution in [3.05, 3.63) is 89.8 Å². The lowest BCUT2D eigenvalue weighted by Gasteiger charge is -2.21. The number of rotatable bonds is 8. The van der Waals surface area contributed by atoms with Crippen LogP contribution in [-0.4, -0.2) is 25.0 Å². The Morgan fingerprint density at radius 2 is 1.73 bits per heavy atom. The van der Waals surface area contributed by atoms with E-state index < -0.39 is 0 Å². The monoisotopic (exact) mass is 456 g/mol. The lowest BCUT2D eigenvalue weighted by Crippen LogP contribution is -2.33. The highest BCUT2D eigenvalue weighted by Crippen LogP contribution is 2.36. The van der Waals surface area contributed by atoms with E-state index in [1.54, 1.807) is 12.0 Å². The Bertz CT molecular complexity index is 1220. The van der Waals surface area contributed by atoms with E-state index >= 15 is 0 Å². The van der Waals surface area contributed by atoms with Gasteiger partial charge in [0.05, 0.1) is 12.8 Å². The van der Waals surface area contributed by atoms with Crippen LogP contribution in [0.5, 0.6) is 5.75 Å². The molecule has 0 aliphatic heterocycles. The highest BCUT2D eigenvalue weighted by atomic mass is 32.1. The maximum Gasteiger partial charge on any atom is 0.231 e. The summed E-state index contributed by atoms with van der Waals surface area (Å²) in [5.74, 6) is 0.841. The fraction of sp³-hybridized carbons (Fsp3) is 0.214. The van der Waals surface area contributed by atoms with Crippen molar-refractivity contribution in [3.63, 3.8) is 0 Å². The summed E-state index contributed by atoms with van der Waals surface area (Å²) in [6.45, 7) is 2.07. The number of benzene rings is 3. The summed E-state index contributed by atoms with van der Waals surface area (Å²) in [6.07, 6.45) is 1.52. The number of ether oxygens (including phenoxy) is 1. The molecular weight excluding hydrogens is 428 g/mol. The van der Waals surface area contributed by atoms with Crippen molar-refractivity contribution in [2.75, 3.05) is 19.1 Å². The van der Waals surface area contributed by atoms with Gasteiger partial charge in [-0.05, 0) is 41.7 Å². The van der Waals surface area contributed by atoms with Crippen LogP contribution in [0.3, 0.4) is 0 Å². The summed E-state index contributed by atoms with van der Waals surface area (Å²) in [5.41, 5.74) is 5.23. The van der Waals surface area contributed by atoms with Gasteiger partial charge in [0, 0.05) is 23.9 Å². The molecule has 0 unspecified atom stereocenters. The van der Waals surface area contributed by atoms with Gasteiger partial charge in [0.1, 0.15) is 5.75 Å². The van der Waals surface area contributed by atoms with Gasteiger partial charge in [-0.15, -0.1) is 11.3 Å². The third-order valence-electron chi connectivity index (χ3n) is 5.86. The van der Waals surface area contributed by atoms with Gasteiger partial charge in [-0.2, -0.15) is 0 Å². The Morgan fingerprint density at radius 1 is 1.00 bits per heavy atom. The molecule has 4 aromatic rings. The molecule has 0 saturated carbocycles. The lowest BCUT2D eigenvalue weighted by molar-refractivity contribution is -0.122. The zero-order valence-corrected chi connectivity index (χ0v) is 20.0. The van der Waals surface area contributed by atoms with E-state index in [1.807, 2.05) is 61.0 Å². The molecule has 1 atom stereocenters. The number of thiazole rings is 1. The van der Waals surface area contributed by atoms with Crippen molar-refractivity contribution < 1.29 is 9.53 Å². The first-order valence-corrected chi connectivity index (χ1v) is 12.0. The molecule has 4 rings (SSSR count). The van der Waals surface area contributed by atoms with Crippen molar-refractivity contribution in [1.82, 2.24) is 4.98 Å². The molecule has 1 amide bonds. The van der Waals surface area contributed by atoms with Crippen molar-refractivity contribution in [3.8, 4) is 28.1 Å². The Balaban J connectivity index is 1.58. The first-order chi connectivity index (χ1) is 16.1. The fourth-order valence-electron chi connectivity index (χ4n) is 3.96. The minimum Gasteiger partial charge on any atom is -0.497 e. The minimum absolute atomic E-state index is 0.0752. The summed E-state index contributed by atoms with van der Waals surface area (Å²) >= 11 is 1.50. The third kappa shape index (κ3) is 5.15. The molecule has 0 aliphatic rings. The van der Waals surface area contributed by atoms with Crippen LogP contribution in [-0.2, 0) is 11.2 Å². The molecule has 0 aliphatic carbocycles. The van der Waals surface area contributed by atoms with Gasteiger partial charge in [0.2, 0.25) is 5.91 Å². The largest absolute Gasteiger partial charge is 0.497 e. The van der Waals surface area contributed by atoms with Gasteiger partial charge in [-0.25, -0.2) is 4.98 Å². The van der Waals surface area contributed by atoms with E-state index in [4.69, 9.17) is 9.72 Å². The molecule has 1 heterocycles. The summed E-state index contributed by atoms with van der Waals surface area (Å²) in [4.78, 5) is 19.8. The second-order valence-corrected chi connectivity index (χ2v) is 8.82. The van der Waals surface area contributed by atoms with Gasteiger partial charge < -0.3 is 4.74 Å². The second-order valence-electron chi connectivity index (χ2n) is 7.99. The number of amides is 1. The third-order valence-corrected chi connectivity index (χ3v) is 6.78. The Morgan fingerprint density at radius 3 is 2.45 bits per heavy atom. The maximum absolute atomic E-state index is 13.3. The summed E-state index contributed by atoms with van der Waals surface area (Å²) in [5, 5.41) is 2.73. The van der Waals surface area contributed by atoms with E-state index in [-0.39, 0.29) is 11.8 Å². The molecule has 0 saturated heterocycles. The molecule has 0 bridgehead atoms. The quantitative estimate of drug-likeness (QED) is 0.296. The van der Waals surface area contributed by atoms with E-state index in [0.29, 0.717) is 5.13 Å². The van der Waals surface area contributed by atoms with Gasteiger partial charge in [-0.3, -0.25) is 9.69 Å². The van der Waals surface area contributed by atoms with E-state index in [9.17, 15) is 4.79 Å². The zero-order chi connectivity index (χ0) is 23.2. The van der Waals surface area contributed by atoms with Crippen LogP contribution < -0.4 is 9.64 Å². The first-order valence-electron chi connectivity index (χ1n) is 11.1. The molecule has 0 N–H and O–H groups in total. The van der Waals surface area contributed by atoms with Crippen molar-refractivity contribution >= 4 is 22.4 Å². The minimum atomic E-state index is -0.0752. The van der Waals surface area contributed by atoms with E-state index in [2.05, 4.69) is 37.3 Å². The van der Waals surface area contributed by atoms with Gasteiger partial charge >= 0.3 is 0 Å². The van der Waals surface area contributed by atoms with Crippen LogP contribution in [0.25, 0.3) is 22.4 Å². The number of anilines is 1. The average Bonchev–Trinajstić information content (AvgIpc) is 3.37. The summed E-state index contributed by atoms with van der Waals surface area (Å²) in [6, 6.07) is 26.4. The molecule has 33 heavy (non-hydrogen) atoms. The highest BCUT2D eigenvalue weighted by Gasteiger charge is 2.24. The van der Waals surface area contributed by atoms with E-state index in [1.165, 1.54) is 16.9 Å². The molecule has 168 valence electrons. The Kier molecular flexibility index (Phi) is 7.20. The highest BCUT2D eigenvalue weighted by molar-refractivity contribution is 7.14. The first kappa shape index (κ1) is 22.7. The molecule has 1 aromatic heterocycles. The second kappa shape index (κ2) is 10.5. The molecule has 0 fully saturated rings. The molecule has 5 heteroatoms. The van der Waals surface area contributed by atoms with Crippen molar-refractivity contribution in [2.45, 2.75) is 19.8 Å². The summed E-state index contributed by atoms with van der Waals surface area (Å²) in [7, 11) is 3.50. The smallest absolute Gasteiger partial charge is 0.231 e. The lowest BCUT2D eigenvalue weighted by atomic mass is 9.96. The SMILES string of the molecule is CC[C@H](Cc1ccccc1)C(=O)N(C)c1nc(-c2ccccc2-c2cccc(OC)c2)cs1.